The van der Waals surface area contributed by atoms with Crippen LogP contribution in [-0.4, -0.2) is 33.0 Å². The summed E-state index contributed by atoms with van der Waals surface area (Å²) in [6.07, 6.45) is 1.67. The van der Waals surface area contributed by atoms with Gasteiger partial charge in [-0.1, -0.05) is 0 Å². The first-order valence-electron chi connectivity index (χ1n) is 10.8. The predicted octanol–water partition coefficient (Wildman–Crippen LogP) is 3.42. The van der Waals surface area contributed by atoms with Gasteiger partial charge in [-0.25, -0.2) is 0 Å². The van der Waals surface area contributed by atoms with Crippen LogP contribution in [-0.2, 0) is 0 Å². The van der Waals surface area contributed by atoms with Crippen molar-refractivity contribution in [1.82, 2.24) is 4.57 Å². The van der Waals surface area contributed by atoms with Crippen molar-refractivity contribution in [3.05, 3.63) is 69.5 Å². The number of thiazole rings is 1. The van der Waals surface area contributed by atoms with Crippen molar-refractivity contribution in [2.45, 2.75) is 5.92 Å². The average Bonchev–Trinajstić information content (AvgIpc) is 3.23. The lowest BCUT2D eigenvalue weighted by Crippen LogP contribution is -2.38. The molecule has 1 aromatic heterocycles. The number of fused-ring (bicyclic) bond motifs is 1. The first kappa shape index (κ1) is 27.3. The summed E-state index contributed by atoms with van der Waals surface area (Å²) >= 11 is 8.04. The van der Waals surface area contributed by atoms with Gasteiger partial charge in [0.15, 0.2) is 23.0 Å². The molecular formula is C26H20Br2N4O5S. The van der Waals surface area contributed by atoms with E-state index in [0.717, 1.165) is 11.3 Å². The zero-order valence-electron chi connectivity index (χ0n) is 20.6. The highest BCUT2D eigenvalue weighted by Crippen LogP contribution is 2.43. The molecule has 0 saturated heterocycles. The van der Waals surface area contributed by atoms with Crippen LogP contribution in [0.2, 0.25) is 0 Å². The molecule has 12 heteroatoms. The Morgan fingerprint density at radius 3 is 2.05 bits per heavy atom. The van der Waals surface area contributed by atoms with E-state index in [2.05, 4.69) is 44.0 Å². The van der Waals surface area contributed by atoms with Crippen LogP contribution in [0.1, 0.15) is 17.0 Å². The Bertz CT molecular complexity index is 1760. The molecule has 0 radical (unpaired) electrons. The number of methoxy groups -OCH3 is 4. The van der Waals surface area contributed by atoms with Crippen LogP contribution in [0.4, 0.5) is 0 Å². The van der Waals surface area contributed by atoms with Gasteiger partial charge in [0.2, 0.25) is 0 Å². The van der Waals surface area contributed by atoms with Crippen molar-refractivity contribution < 1.29 is 18.9 Å². The van der Waals surface area contributed by atoms with E-state index in [1.165, 1.54) is 33.0 Å². The van der Waals surface area contributed by atoms with E-state index >= 15 is 0 Å². The Hall–Kier alpha value is -3.71. The summed E-state index contributed by atoms with van der Waals surface area (Å²) in [7, 11) is 6.04. The third kappa shape index (κ3) is 4.45. The summed E-state index contributed by atoms with van der Waals surface area (Å²) in [6.45, 7) is 0. The summed E-state index contributed by atoms with van der Waals surface area (Å²) in [5.74, 6) is 1.01. The van der Waals surface area contributed by atoms with Crippen LogP contribution in [0.3, 0.4) is 0 Å². The van der Waals surface area contributed by atoms with Gasteiger partial charge >= 0.3 is 0 Å². The Kier molecular flexibility index (Phi) is 7.88. The minimum absolute atomic E-state index is 0.0354. The molecule has 38 heavy (non-hydrogen) atoms. The van der Waals surface area contributed by atoms with Crippen LogP contribution >= 0.6 is 43.2 Å². The summed E-state index contributed by atoms with van der Waals surface area (Å²) in [5.41, 5.74) is 7.49. The molecular weight excluding hydrogens is 640 g/mol. The molecule has 3 aromatic rings. The third-order valence-corrected chi connectivity index (χ3v) is 8.22. The maximum Gasteiger partial charge on any atom is 0.274 e. The van der Waals surface area contributed by atoms with Crippen molar-refractivity contribution in [3.63, 3.8) is 0 Å². The standard InChI is InChI=1S/C26H20Br2N4O5S/c1-34-18-6-12(5-16(27)22(18)36-3)7-20-25(33)32-24(31)14(10-29)21(15(11-30)26(32)38-20)13-8-17(28)23(37-4)19(9-13)35-2/h5-9,21H,31H2,1-4H3/b20-7-/t21-/m0/s1. The fourth-order valence-corrected chi connectivity index (χ4v) is 6.63. The molecule has 0 amide bonds. The monoisotopic (exact) mass is 658 g/mol. The normalized spacial score (nSPS) is 15.0. The zero-order chi connectivity index (χ0) is 27.7. The van der Waals surface area contributed by atoms with Gasteiger partial charge < -0.3 is 24.7 Å². The van der Waals surface area contributed by atoms with Gasteiger partial charge in [0.05, 0.1) is 71.1 Å². The Morgan fingerprint density at radius 2 is 1.50 bits per heavy atom. The second kappa shape index (κ2) is 11.0. The van der Waals surface area contributed by atoms with E-state index in [9.17, 15) is 15.3 Å². The van der Waals surface area contributed by atoms with Crippen LogP contribution in [0, 0.1) is 22.7 Å². The van der Waals surface area contributed by atoms with Gasteiger partial charge in [-0.15, -0.1) is 11.3 Å². The molecule has 2 N–H and O–H groups in total. The second-order valence-corrected chi connectivity index (χ2v) is 10.6. The molecule has 0 saturated carbocycles. The topological polar surface area (TPSA) is 133 Å². The Balaban J connectivity index is 2.03. The molecule has 2 heterocycles. The average molecular weight is 660 g/mol. The van der Waals surface area contributed by atoms with Gasteiger partial charge in [0.25, 0.3) is 5.56 Å². The van der Waals surface area contributed by atoms with E-state index < -0.39 is 11.5 Å². The van der Waals surface area contributed by atoms with Crippen LogP contribution in [0.25, 0.3) is 17.5 Å². The van der Waals surface area contributed by atoms with E-state index in [0.29, 0.717) is 52.3 Å². The van der Waals surface area contributed by atoms with E-state index in [1.807, 2.05) is 0 Å². The maximum absolute atomic E-state index is 13.5. The molecule has 0 spiro atoms. The Morgan fingerprint density at radius 1 is 0.921 bits per heavy atom. The smallest absolute Gasteiger partial charge is 0.274 e. The fourth-order valence-electron chi connectivity index (χ4n) is 4.26. The summed E-state index contributed by atoms with van der Waals surface area (Å²) in [4.78, 5) is 13.5. The van der Waals surface area contributed by atoms with Gasteiger partial charge in [-0.3, -0.25) is 9.36 Å². The highest BCUT2D eigenvalue weighted by Gasteiger charge is 2.33. The first-order valence-corrected chi connectivity index (χ1v) is 13.3. The number of ether oxygens (including phenoxy) is 4. The van der Waals surface area contributed by atoms with Crippen molar-refractivity contribution in [2.75, 3.05) is 28.4 Å². The molecule has 1 aliphatic heterocycles. The molecule has 2 aromatic carbocycles. The minimum atomic E-state index is -0.817. The molecule has 0 unspecified atom stereocenters. The third-order valence-electron chi connectivity index (χ3n) is 5.93. The number of allylic oxidation sites excluding steroid dienone is 1. The largest absolute Gasteiger partial charge is 0.493 e. The van der Waals surface area contributed by atoms with Crippen LogP contribution in [0.5, 0.6) is 23.0 Å². The summed E-state index contributed by atoms with van der Waals surface area (Å²) in [6, 6.07) is 11.2. The molecule has 194 valence electrons. The molecule has 0 bridgehead atoms. The predicted molar refractivity (Wildman–Crippen MR) is 151 cm³/mol. The highest BCUT2D eigenvalue weighted by atomic mass is 79.9. The van der Waals surface area contributed by atoms with Crippen molar-refractivity contribution >= 4 is 60.7 Å². The molecule has 0 fully saturated rings. The van der Waals surface area contributed by atoms with Crippen molar-refractivity contribution in [1.29, 1.82) is 10.5 Å². The molecule has 0 aliphatic carbocycles. The summed E-state index contributed by atoms with van der Waals surface area (Å²) < 4.78 is 24.7. The molecule has 1 aliphatic rings. The number of benzene rings is 2. The van der Waals surface area contributed by atoms with Gasteiger partial charge in [-0.05, 0) is 73.3 Å². The number of nitriles is 2. The van der Waals surface area contributed by atoms with E-state index in [4.69, 9.17) is 24.7 Å². The number of nitrogens with two attached hydrogens (primary N) is 1. The SMILES string of the molecule is COc1cc(/C=c2\sc3n(c2=O)C(N)=C(C#N)[C@H](c2cc(Br)c(OC)c(OC)c2)C=3C#N)cc(Br)c1OC. The molecule has 1 atom stereocenters. The molecule has 4 rings (SSSR count). The minimum Gasteiger partial charge on any atom is -0.493 e. The van der Waals surface area contributed by atoms with E-state index in [1.54, 1.807) is 30.3 Å². The first-order chi connectivity index (χ1) is 18.2. The quantitative estimate of drug-likeness (QED) is 0.426. The van der Waals surface area contributed by atoms with Crippen molar-refractivity contribution in [2.24, 2.45) is 5.73 Å². The van der Waals surface area contributed by atoms with E-state index in [-0.39, 0.29) is 17.0 Å². The number of halogens is 2. The molecule has 9 nitrogen and oxygen atoms in total. The second-order valence-electron chi connectivity index (χ2n) is 7.90. The van der Waals surface area contributed by atoms with Crippen molar-refractivity contribution in [3.8, 4) is 35.1 Å². The number of hydrogen-bond donors (Lipinski definition) is 1. The highest BCUT2D eigenvalue weighted by molar-refractivity contribution is 9.11. The number of hydrogen-bond acceptors (Lipinski definition) is 9. The lowest BCUT2D eigenvalue weighted by atomic mass is 9.84. The zero-order valence-corrected chi connectivity index (χ0v) is 24.6. The van der Waals surface area contributed by atoms with Gasteiger partial charge in [0.1, 0.15) is 10.5 Å². The van der Waals surface area contributed by atoms with Crippen LogP contribution < -0.4 is 39.4 Å². The number of aromatic nitrogens is 1. The number of rotatable bonds is 6. The fraction of sp³-hybridized carbons (Fsp3) is 0.192. The summed E-state index contributed by atoms with van der Waals surface area (Å²) in [5, 5.41) is 20.3. The lowest BCUT2D eigenvalue weighted by Gasteiger charge is -2.23. The van der Waals surface area contributed by atoms with Gasteiger partial charge in [0, 0.05) is 0 Å². The lowest BCUT2D eigenvalue weighted by molar-refractivity contribution is 0.352. The maximum atomic E-state index is 13.5. The van der Waals surface area contributed by atoms with Crippen LogP contribution in [0.15, 0.2) is 43.6 Å². The number of nitrogens with zero attached hydrogens (tertiary/aromatic N) is 3. The van der Waals surface area contributed by atoms with Gasteiger partial charge in [-0.2, -0.15) is 10.5 Å². The Labute approximate surface area is 238 Å².